The molecule has 0 aliphatic carbocycles. The third kappa shape index (κ3) is 4.96. The van der Waals surface area contributed by atoms with Crippen molar-refractivity contribution in [1.82, 2.24) is 9.88 Å². The number of nitrogens with zero attached hydrogens (tertiary/aromatic N) is 3. The average molecular weight is 458 g/mol. The minimum atomic E-state index is -0.0441. The number of ether oxygens (including phenoxy) is 1. The summed E-state index contributed by atoms with van der Waals surface area (Å²) in [5.41, 5.74) is 3.24. The third-order valence-electron chi connectivity index (χ3n) is 5.54. The normalized spacial score (nSPS) is 14.9. The maximum Gasteiger partial charge on any atom is 0.260 e. The number of fused-ring (bicyclic) bond motifs is 1. The molecule has 0 radical (unpaired) electrons. The number of rotatable bonds is 4. The molecule has 0 spiro atoms. The van der Waals surface area contributed by atoms with Gasteiger partial charge < -0.3 is 14.5 Å². The molecule has 3 aromatic rings. The summed E-state index contributed by atoms with van der Waals surface area (Å²) in [4.78, 5) is 21.6. The lowest BCUT2D eigenvalue weighted by Crippen LogP contribution is -2.50. The standard InChI is InChI=1S/C24H28ClN3O2S/c1-16-5-8-20(18(13-16)24(2,3)4)30-15-22(29)27-9-11-28(12-10-27)23-26-19-7-6-17(25)14-21(19)31-23/h5-8,13-14H,9-12,15H2,1-4H3. The zero-order valence-corrected chi connectivity index (χ0v) is 20.0. The van der Waals surface area contributed by atoms with E-state index in [-0.39, 0.29) is 17.9 Å². The first-order valence-electron chi connectivity index (χ1n) is 10.5. The molecule has 0 bridgehead atoms. The fourth-order valence-electron chi connectivity index (χ4n) is 3.76. The Labute approximate surface area is 192 Å². The number of halogens is 1. The van der Waals surface area contributed by atoms with Crippen molar-refractivity contribution in [2.75, 3.05) is 37.7 Å². The van der Waals surface area contributed by atoms with E-state index in [2.05, 4.69) is 38.7 Å². The highest BCUT2D eigenvalue weighted by Gasteiger charge is 2.25. The Hall–Kier alpha value is -2.31. The van der Waals surface area contributed by atoms with Gasteiger partial charge in [-0.05, 0) is 42.2 Å². The van der Waals surface area contributed by atoms with E-state index >= 15 is 0 Å². The van der Waals surface area contributed by atoms with E-state index in [4.69, 9.17) is 21.3 Å². The fraction of sp³-hybridized carbons (Fsp3) is 0.417. The van der Waals surface area contributed by atoms with E-state index in [0.717, 1.165) is 44.8 Å². The van der Waals surface area contributed by atoms with E-state index in [9.17, 15) is 4.79 Å². The Kier molecular flexibility index (Phi) is 6.13. The van der Waals surface area contributed by atoms with Crippen molar-refractivity contribution >= 4 is 44.2 Å². The van der Waals surface area contributed by atoms with Crippen LogP contribution in [0.2, 0.25) is 5.02 Å². The van der Waals surface area contributed by atoms with Crippen molar-refractivity contribution < 1.29 is 9.53 Å². The van der Waals surface area contributed by atoms with Gasteiger partial charge in [-0.25, -0.2) is 4.98 Å². The summed E-state index contributed by atoms with van der Waals surface area (Å²) in [6.07, 6.45) is 0. The molecule has 1 fully saturated rings. The molecule has 1 aliphatic rings. The van der Waals surface area contributed by atoms with Gasteiger partial charge in [-0.1, -0.05) is 61.4 Å². The molecule has 7 heteroatoms. The summed E-state index contributed by atoms with van der Waals surface area (Å²) in [6.45, 7) is 11.5. The predicted octanol–water partition coefficient (Wildman–Crippen LogP) is 5.28. The zero-order valence-electron chi connectivity index (χ0n) is 18.4. The van der Waals surface area contributed by atoms with Crippen LogP contribution < -0.4 is 9.64 Å². The molecule has 1 aliphatic heterocycles. The Balaban J connectivity index is 1.35. The van der Waals surface area contributed by atoms with Gasteiger partial charge in [-0.3, -0.25) is 4.79 Å². The van der Waals surface area contributed by atoms with Crippen LogP contribution in [-0.4, -0.2) is 48.6 Å². The Morgan fingerprint density at radius 3 is 2.58 bits per heavy atom. The summed E-state index contributed by atoms with van der Waals surface area (Å²) in [5, 5.41) is 1.71. The van der Waals surface area contributed by atoms with E-state index in [0.29, 0.717) is 13.1 Å². The second kappa shape index (κ2) is 8.67. The van der Waals surface area contributed by atoms with Crippen LogP contribution >= 0.6 is 22.9 Å². The van der Waals surface area contributed by atoms with E-state index in [1.54, 1.807) is 11.3 Å². The van der Waals surface area contributed by atoms with Gasteiger partial charge in [0.05, 0.1) is 10.2 Å². The summed E-state index contributed by atoms with van der Waals surface area (Å²) in [6, 6.07) is 11.9. The van der Waals surface area contributed by atoms with E-state index in [1.165, 1.54) is 5.56 Å². The highest BCUT2D eigenvalue weighted by molar-refractivity contribution is 7.22. The van der Waals surface area contributed by atoms with Crippen molar-refractivity contribution in [1.29, 1.82) is 0 Å². The molecule has 31 heavy (non-hydrogen) atoms. The Bertz CT molecular complexity index is 1100. The van der Waals surface area contributed by atoms with Crippen LogP contribution in [0, 0.1) is 6.92 Å². The number of hydrogen-bond donors (Lipinski definition) is 0. The number of anilines is 1. The number of carbonyl (C=O) groups is 1. The van der Waals surface area contributed by atoms with Gasteiger partial charge in [-0.2, -0.15) is 0 Å². The SMILES string of the molecule is Cc1ccc(OCC(=O)N2CCN(c3nc4ccc(Cl)cc4s3)CC2)c(C(C)(C)C)c1. The summed E-state index contributed by atoms with van der Waals surface area (Å²) < 4.78 is 7.05. The predicted molar refractivity (Wildman–Crippen MR) is 129 cm³/mol. The number of carbonyl (C=O) groups excluding carboxylic acids is 1. The summed E-state index contributed by atoms with van der Waals surface area (Å²) >= 11 is 7.74. The van der Waals surface area contributed by atoms with Crippen LogP contribution in [0.1, 0.15) is 31.9 Å². The van der Waals surface area contributed by atoms with Crippen molar-refractivity contribution in [3.05, 3.63) is 52.5 Å². The van der Waals surface area contributed by atoms with Crippen LogP contribution in [-0.2, 0) is 10.2 Å². The van der Waals surface area contributed by atoms with Crippen LogP contribution in [0.3, 0.4) is 0 Å². The number of benzene rings is 2. The third-order valence-corrected chi connectivity index (χ3v) is 6.85. The molecule has 0 unspecified atom stereocenters. The molecule has 2 heterocycles. The van der Waals surface area contributed by atoms with Crippen LogP contribution in [0.5, 0.6) is 5.75 Å². The molecule has 1 aromatic heterocycles. The minimum absolute atomic E-state index is 0.0242. The highest BCUT2D eigenvalue weighted by atomic mass is 35.5. The molecular formula is C24H28ClN3O2S. The highest BCUT2D eigenvalue weighted by Crippen LogP contribution is 2.33. The second-order valence-electron chi connectivity index (χ2n) is 9.01. The maximum atomic E-state index is 12.8. The Morgan fingerprint density at radius 2 is 1.87 bits per heavy atom. The van der Waals surface area contributed by atoms with Gasteiger partial charge >= 0.3 is 0 Å². The lowest BCUT2D eigenvalue weighted by molar-refractivity contribution is -0.133. The molecule has 5 nitrogen and oxygen atoms in total. The van der Waals surface area contributed by atoms with Gasteiger partial charge in [0, 0.05) is 31.2 Å². The van der Waals surface area contributed by atoms with E-state index in [1.807, 2.05) is 35.2 Å². The molecule has 0 saturated carbocycles. The Morgan fingerprint density at radius 1 is 1.13 bits per heavy atom. The first-order valence-corrected chi connectivity index (χ1v) is 11.7. The molecule has 4 rings (SSSR count). The van der Waals surface area contributed by atoms with Gasteiger partial charge in [0.1, 0.15) is 5.75 Å². The molecule has 0 N–H and O–H groups in total. The summed E-state index contributed by atoms with van der Waals surface area (Å²) in [7, 11) is 0. The van der Waals surface area contributed by atoms with Crippen molar-refractivity contribution in [3.63, 3.8) is 0 Å². The second-order valence-corrected chi connectivity index (χ2v) is 10.5. The number of aryl methyl sites for hydroxylation is 1. The monoisotopic (exact) mass is 457 g/mol. The van der Waals surface area contributed by atoms with Crippen LogP contribution in [0.15, 0.2) is 36.4 Å². The molecule has 164 valence electrons. The molecule has 2 aromatic carbocycles. The van der Waals surface area contributed by atoms with Crippen LogP contribution in [0.4, 0.5) is 5.13 Å². The molecular weight excluding hydrogens is 430 g/mol. The van der Waals surface area contributed by atoms with Crippen molar-refractivity contribution in [3.8, 4) is 5.75 Å². The van der Waals surface area contributed by atoms with E-state index < -0.39 is 0 Å². The zero-order chi connectivity index (χ0) is 22.2. The number of aromatic nitrogens is 1. The molecule has 1 saturated heterocycles. The number of hydrogen-bond acceptors (Lipinski definition) is 5. The average Bonchev–Trinajstić information content (AvgIpc) is 3.15. The lowest BCUT2D eigenvalue weighted by atomic mass is 9.85. The van der Waals surface area contributed by atoms with Gasteiger partial charge in [0.25, 0.3) is 5.91 Å². The number of thiazole rings is 1. The number of piperazine rings is 1. The topological polar surface area (TPSA) is 45.7 Å². The fourth-order valence-corrected chi connectivity index (χ4v) is 5.05. The van der Waals surface area contributed by atoms with Gasteiger partial charge in [-0.15, -0.1) is 0 Å². The van der Waals surface area contributed by atoms with Gasteiger partial charge in [0.15, 0.2) is 11.7 Å². The van der Waals surface area contributed by atoms with Crippen molar-refractivity contribution in [2.45, 2.75) is 33.1 Å². The minimum Gasteiger partial charge on any atom is -0.483 e. The molecule has 1 amide bonds. The smallest absolute Gasteiger partial charge is 0.260 e. The summed E-state index contributed by atoms with van der Waals surface area (Å²) in [5.74, 6) is 0.814. The van der Waals surface area contributed by atoms with Gasteiger partial charge in [0.2, 0.25) is 0 Å². The van der Waals surface area contributed by atoms with Crippen LogP contribution in [0.25, 0.3) is 10.2 Å². The number of amides is 1. The molecule has 0 atom stereocenters. The lowest BCUT2D eigenvalue weighted by Gasteiger charge is -2.34. The quantitative estimate of drug-likeness (QED) is 0.534. The largest absolute Gasteiger partial charge is 0.483 e. The van der Waals surface area contributed by atoms with Crippen molar-refractivity contribution in [2.24, 2.45) is 0 Å². The maximum absolute atomic E-state index is 12.8. The first kappa shape index (κ1) is 21.9. The first-order chi connectivity index (χ1) is 14.7.